The van der Waals surface area contributed by atoms with Crippen molar-refractivity contribution in [3.05, 3.63) is 36.3 Å². The molecule has 8 heavy (non-hydrogen) atoms. The van der Waals surface area contributed by atoms with Gasteiger partial charge in [0.1, 0.15) is 0 Å². The van der Waals surface area contributed by atoms with E-state index in [0.717, 1.165) is 4.91 Å². The van der Waals surface area contributed by atoms with Crippen molar-refractivity contribution in [2.45, 2.75) is 0 Å². The van der Waals surface area contributed by atoms with Crippen LogP contribution in [-0.2, 0) is 0 Å². The van der Waals surface area contributed by atoms with Gasteiger partial charge in [0.2, 0.25) is 0 Å². The van der Waals surface area contributed by atoms with E-state index in [9.17, 15) is 0 Å². The molecule has 0 bridgehead atoms. The topological polar surface area (TPSA) is 0 Å². The monoisotopic (exact) mass is 126 g/mol. The number of hydrogen-bond acceptors (Lipinski definition) is 1. The van der Waals surface area contributed by atoms with Crippen molar-refractivity contribution >= 4 is 11.8 Å². The Morgan fingerprint density at radius 1 is 1.62 bits per heavy atom. The van der Waals surface area contributed by atoms with E-state index in [1.165, 1.54) is 0 Å². The van der Waals surface area contributed by atoms with Crippen molar-refractivity contribution in [2.75, 3.05) is 6.26 Å². The van der Waals surface area contributed by atoms with E-state index in [-0.39, 0.29) is 0 Å². The molecule has 0 amide bonds. The molecule has 0 heterocycles. The van der Waals surface area contributed by atoms with Crippen LogP contribution in [0.15, 0.2) is 36.3 Å². The van der Waals surface area contributed by atoms with Gasteiger partial charge < -0.3 is 0 Å². The standard InChI is InChI=1S/C7H10S/c1-4-5-6-7(2)8-3/h4-6H,1-2H2,3H3. The molecule has 0 saturated carbocycles. The highest BCUT2D eigenvalue weighted by atomic mass is 32.2. The van der Waals surface area contributed by atoms with E-state index in [0.29, 0.717) is 0 Å². The van der Waals surface area contributed by atoms with Crippen LogP contribution in [-0.4, -0.2) is 6.26 Å². The first kappa shape index (κ1) is 7.57. The molecule has 0 aromatic carbocycles. The third-order valence-corrected chi connectivity index (χ3v) is 1.34. The van der Waals surface area contributed by atoms with Crippen molar-refractivity contribution in [3.8, 4) is 0 Å². The minimum atomic E-state index is 1.06. The maximum atomic E-state index is 3.74. The van der Waals surface area contributed by atoms with Crippen LogP contribution in [0.25, 0.3) is 0 Å². The second kappa shape index (κ2) is 4.72. The van der Waals surface area contributed by atoms with E-state index in [2.05, 4.69) is 13.2 Å². The van der Waals surface area contributed by atoms with Crippen molar-refractivity contribution in [2.24, 2.45) is 0 Å². The molecule has 0 fully saturated rings. The van der Waals surface area contributed by atoms with Crippen LogP contribution in [0.2, 0.25) is 0 Å². The predicted octanol–water partition coefficient (Wildman–Crippen LogP) is 2.61. The number of rotatable bonds is 3. The molecule has 0 aliphatic rings. The summed E-state index contributed by atoms with van der Waals surface area (Å²) >= 11 is 1.64. The largest absolute Gasteiger partial charge is 0.130 e. The quantitative estimate of drug-likeness (QED) is 0.524. The normalized spacial score (nSPS) is 9.62. The van der Waals surface area contributed by atoms with E-state index in [1.807, 2.05) is 18.4 Å². The highest BCUT2D eigenvalue weighted by Gasteiger charge is 1.76. The predicted molar refractivity (Wildman–Crippen MR) is 42.0 cm³/mol. The van der Waals surface area contributed by atoms with Gasteiger partial charge >= 0.3 is 0 Å². The van der Waals surface area contributed by atoms with E-state index < -0.39 is 0 Å². The third-order valence-electron chi connectivity index (χ3n) is 0.680. The summed E-state index contributed by atoms with van der Waals surface area (Å²) in [4.78, 5) is 1.06. The molecule has 44 valence electrons. The summed E-state index contributed by atoms with van der Waals surface area (Å²) < 4.78 is 0. The fourth-order valence-corrected chi connectivity index (χ4v) is 0.458. The van der Waals surface area contributed by atoms with Gasteiger partial charge in [-0.2, -0.15) is 0 Å². The van der Waals surface area contributed by atoms with Gasteiger partial charge in [0, 0.05) is 0 Å². The van der Waals surface area contributed by atoms with Gasteiger partial charge in [-0.1, -0.05) is 25.3 Å². The zero-order chi connectivity index (χ0) is 6.41. The summed E-state index contributed by atoms with van der Waals surface area (Å²) in [6.45, 7) is 7.27. The average Bonchev–Trinajstić information content (AvgIpc) is 1.83. The van der Waals surface area contributed by atoms with Crippen molar-refractivity contribution in [1.82, 2.24) is 0 Å². The highest BCUT2D eigenvalue weighted by Crippen LogP contribution is 2.08. The fourth-order valence-electron chi connectivity index (χ4n) is 0.243. The highest BCUT2D eigenvalue weighted by molar-refractivity contribution is 8.02. The summed E-state index contributed by atoms with van der Waals surface area (Å²) in [7, 11) is 0. The van der Waals surface area contributed by atoms with Gasteiger partial charge in [0.15, 0.2) is 0 Å². The lowest BCUT2D eigenvalue weighted by atomic mass is 10.5. The van der Waals surface area contributed by atoms with Crippen LogP contribution in [0.5, 0.6) is 0 Å². The lowest BCUT2D eigenvalue weighted by Crippen LogP contribution is -1.58. The average molecular weight is 126 g/mol. The van der Waals surface area contributed by atoms with E-state index in [4.69, 9.17) is 0 Å². The van der Waals surface area contributed by atoms with Gasteiger partial charge in [-0.05, 0) is 17.2 Å². The summed E-state index contributed by atoms with van der Waals surface area (Å²) in [5.74, 6) is 0. The van der Waals surface area contributed by atoms with Crippen LogP contribution in [0, 0.1) is 0 Å². The molecule has 1 heteroatoms. The second-order valence-electron chi connectivity index (χ2n) is 1.27. The molecule has 0 aromatic rings. The zero-order valence-electron chi connectivity index (χ0n) is 5.05. The molecule has 0 saturated heterocycles. The first-order valence-electron chi connectivity index (χ1n) is 2.33. The molecular weight excluding hydrogens is 116 g/mol. The number of hydrogen-bond donors (Lipinski definition) is 0. The molecule has 0 N–H and O–H groups in total. The van der Waals surface area contributed by atoms with Crippen molar-refractivity contribution < 1.29 is 0 Å². The molecule has 0 unspecified atom stereocenters. The Morgan fingerprint density at radius 3 is 2.62 bits per heavy atom. The van der Waals surface area contributed by atoms with Gasteiger partial charge in [-0.15, -0.1) is 11.8 Å². The summed E-state index contributed by atoms with van der Waals surface area (Å²) in [6.07, 6.45) is 7.54. The maximum Gasteiger partial charge on any atom is -0.000286 e. The Morgan fingerprint density at radius 2 is 2.25 bits per heavy atom. The van der Waals surface area contributed by atoms with Gasteiger partial charge in [0.05, 0.1) is 0 Å². The van der Waals surface area contributed by atoms with Crippen LogP contribution in [0.3, 0.4) is 0 Å². The lowest BCUT2D eigenvalue weighted by Gasteiger charge is -1.86. The lowest BCUT2D eigenvalue weighted by molar-refractivity contribution is 1.93. The van der Waals surface area contributed by atoms with E-state index in [1.54, 1.807) is 17.8 Å². The van der Waals surface area contributed by atoms with Crippen LogP contribution >= 0.6 is 11.8 Å². The van der Waals surface area contributed by atoms with Gasteiger partial charge in [-0.25, -0.2) is 0 Å². The molecule has 0 nitrogen and oxygen atoms in total. The molecule has 0 aliphatic carbocycles. The minimum absolute atomic E-state index is 1.06. The molecule has 0 spiro atoms. The van der Waals surface area contributed by atoms with Gasteiger partial charge in [-0.3, -0.25) is 0 Å². The smallest absolute Gasteiger partial charge is 0.000286 e. The van der Waals surface area contributed by atoms with Gasteiger partial charge in [0.25, 0.3) is 0 Å². The Labute approximate surface area is 55.0 Å². The summed E-state index contributed by atoms with van der Waals surface area (Å²) in [5, 5.41) is 0. The summed E-state index contributed by atoms with van der Waals surface area (Å²) in [5.41, 5.74) is 0. The maximum absolute atomic E-state index is 3.74. The van der Waals surface area contributed by atoms with Crippen LogP contribution < -0.4 is 0 Å². The van der Waals surface area contributed by atoms with E-state index >= 15 is 0 Å². The minimum Gasteiger partial charge on any atom is -0.130 e. The summed E-state index contributed by atoms with van der Waals surface area (Å²) in [6, 6.07) is 0. The first-order valence-corrected chi connectivity index (χ1v) is 3.55. The SMILES string of the molecule is C=CC=CC(=C)SC. The van der Waals surface area contributed by atoms with Crippen molar-refractivity contribution in [1.29, 1.82) is 0 Å². The number of allylic oxidation sites excluding steroid dienone is 3. The third kappa shape index (κ3) is 3.75. The molecule has 0 radical (unpaired) electrons. The second-order valence-corrected chi connectivity index (χ2v) is 2.20. The molecule has 0 aliphatic heterocycles. The molecular formula is C7H10S. The first-order chi connectivity index (χ1) is 3.81. The molecule has 0 rings (SSSR count). The van der Waals surface area contributed by atoms with Crippen LogP contribution in [0.1, 0.15) is 0 Å². The van der Waals surface area contributed by atoms with Crippen molar-refractivity contribution in [3.63, 3.8) is 0 Å². The molecule has 0 atom stereocenters. The molecule has 0 aromatic heterocycles. The Bertz CT molecular complexity index is 112. The Kier molecular flexibility index (Phi) is 4.47. The fraction of sp³-hybridized carbons (Fsp3) is 0.143. The Hall–Kier alpha value is -0.430. The Balaban J connectivity index is 3.52. The zero-order valence-corrected chi connectivity index (χ0v) is 5.87. The van der Waals surface area contributed by atoms with Crippen LogP contribution in [0.4, 0.5) is 0 Å². The number of thioether (sulfide) groups is 1.